The van der Waals surface area contributed by atoms with E-state index in [0.29, 0.717) is 5.92 Å². The number of nitrogens with zero attached hydrogens (tertiary/aromatic N) is 4. The average molecular weight is 576 g/mol. The van der Waals surface area contributed by atoms with Crippen molar-refractivity contribution >= 4 is 17.5 Å². The molecule has 1 N–H and O–H groups in total. The van der Waals surface area contributed by atoms with Gasteiger partial charge >= 0.3 is 0 Å². The molecule has 0 saturated carbocycles. The third kappa shape index (κ3) is 4.59. The minimum Gasteiger partial charge on any atom is -0.342 e. The van der Waals surface area contributed by atoms with E-state index in [0.717, 1.165) is 52.6 Å². The molecule has 6 unspecified atom stereocenters. The number of aromatic nitrogens is 1. The van der Waals surface area contributed by atoms with Crippen LogP contribution in [0.1, 0.15) is 37.3 Å². The summed E-state index contributed by atoms with van der Waals surface area (Å²) in [6.07, 6.45) is 28.0. The molecule has 0 radical (unpaired) electrons. The van der Waals surface area contributed by atoms with Gasteiger partial charge in [-0.2, -0.15) is 0 Å². The highest BCUT2D eigenvalue weighted by atomic mass is 15.3. The van der Waals surface area contributed by atoms with Crippen molar-refractivity contribution in [2.24, 2.45) is 27.2 Å². The number of benzene rings is 2. The third-order valence-electron chi connectivity index (χ3n) is 9.90. The quantitative estimate of drug-likeness (QED) is 0.318. The van der Waals surface area contributed by atoms with Crippen LogP contribution in [0, 0.1) is 17.3 Å². The Bertz CT molecular complexity index is 1760. The summed E-state index contributed by atoms with van der Waals surface area (Å²) in [5.74, 6) is 3.25. The molecule has 3 aromatic rings. The van der Waals surface area contributed by atoms with Crippen molar-refractivity contribution in [3.05, 3.63) is 145 Å². The first-order chi connectivity index (χ1) is 21.7. The van der Waals surface area contributed by atoms with E-state index >= 15 is 0 Å². The summed E-state index contributed by atoms with van der Waals surface area (Å²) in [5, 5.41) is 3.70. The van der Waals surface area contributed by atoms with Crippen molar-refractivity contribution in [2.75, 3.05) is 4.90 Å². The Labute approximate surface area is 259 Å². The van der Waals surface area contributed by atoms with Crippen LogP contribution in [0.15, 0.2) is 144 Å². The smallest absolute Gasteiger partial charge is 0.150 e. The van der Waals surface area contributed by atoms with Crippen molar-refractivity contribution in [3.8, 4) is 11.1 Å². The zero-order valence-electron chi connectivity index (χ0n) is 25.0. The van der Waals surface area contributed by atoms with Crippen LogP contribution in [0.5, 0.6) is 0 Å². The van der Waals surface area contributed by atoms with Crippen LogP contribution in [0.25, 0.3) is 11.1 Å². The molecular formula is C39H37N5. The fourth-order valence-electron chi connectivity index (χ4n) is 7.59. The minimum atomic E-state index is -0.196. The average Bonchev–Trinajstić information content (AvgIpc) is 3.37. The van der Waals surface area contributed by atoms with E-state index in [4.69, 9.17) is 15.0 Å². The molecule has 5 heteroatoms. The summed E-state index contributed by atoms with van der Waals surface area (Å²) in [6, 6.07) is 23.6. The molecule has 3 heterocycles. The second-order valence-corrected chi connectivity index (χ2v) is 12.6. The Balaban J connectivity index is 1.30. The number of aliphatic imine (C=N–C) groups is 2. The van der Waals surface area contributed by atoms with Crippen LogP contribution in [0.3, 0.4) is 0 Å². The largest absolute Gasteiger partial charge is 0.342 e. The van der Waals surface area contributed by atoms with Gasteiger partial charge in [0.15, 0.2) is 6.17 Å². The van der Waals surface area contributed by atoms with Crippen LogP contribution < -0.4 is 10.2 Å². The number of nitrogens with one attached hydrogen (secondary N) is 1. The third-order valence-corrected chi connectivity index (χ3v) is 9.90. The van der Waals surface area contributed by atoms with Crippen molar-refractivity contribution in [2.45, 2.75) is 44.4 Å². The van der Waals surface area contributed by atoms with Gasteiger partial charge in [0.25, 0.3) is 0 Å². The normalized spacial score (nSPS) is 29.9. The van der Waals surface area contributed by atoms with Crippen LogP contribution in [0.4, 0.5) is 5.82 Å². The Morgan fingerprint density at radius 3 is 2.34 bits per heavy atom. The summed E-state index contributed by atoms with van der Waals surface area (Å²) < 4.78 is 0. The van der Waals surface area contributed by atoms with Crippen LogP contribution in [-0.4, -0.2) is 34.9 Å². The van der Waals surface area contributed by atoms with Gasteiger partial charge in [0.1, 0.15) is 17.5 Å². The number of amidine groups is 2. The topological polar surface area (TPSA) is 52.9 Å². The maximum absolute atomic E-state index is 5.38. The lowest BCUT2D eigenvalue weighted by atomic mass is 9.70. The van der Waals surface area contributed by atoms with E-state index in [2.05, 4.69) is 139 Å². The molecule has 2 aliphatic heterocycles. The van der Waals surface area contributed by atoms with Gasteiger partial charge in [-0.3, -0.25) is 0 Å². The predicted octanol–water partition coefficient (Wildman–Crippen LogP) is 7.66. The fourth-order valence-corrected chi connectivity index (χ4v) is 7.59. The Morgan fingerprint density at radius 2 is 1.55 bits per heavy atom. The maximum Gasteiger partial charge on any atom is 0.150 e. The summed E-state index contributed by atoms with van der Waals surface area (Å²) in [7, 11) is 0. The molecule has 1 saturated heterocycles. The lowest BCUT2D eigenvalue weighted by Crippen LogP contribution is -2.43. The highest BCUT2D eigenvalue weighted by Crippen LogP contribution is 2.52. The maximum atomic E-state index is 5.38. The van der Waals surface area contributed by atoms with Crippen LogP contribution >= 0.6 is 0 Å². The predicted molar refractivity (Wildman–Crippen MR) is 181 cm³/mol. The van der Waals surface area contributed by atoms with E-state index in [-0.39, 0.29) is 29.6 Å². The van der Waals surface area contributed by atoms with Gasteiger partial charge in [-0.1, -0.05) is 128 Å². The molecule has 218 valence electrons. The first kappa shape index (κ1) is 26.8. The number of fused-ring (bicyclic) bond motifs is 3. The Hall–Kier alpha value is -4.77. The first-order valence-electron chi connectivity index (χ1n) is 15.9. The molecule has 5 nitrogen and oxygen atoms in total. The molecular weight excluding hydrogens is 538 g/mol. The fraction of sp³-hybridized carbons (Fsp3) is 0.256. The van der Waals surface area contributed by atoms with Crippen molar-refractivity contribution in [1.29, 1.82) is 0 Å². The monoisotopic (exact) mass is 575 g/mol. The number of hydrogen-bond acceptors (Lipinski definition) is 5. The van der Waals surface area contributed by atoms with Crippen LogP contribution in [-0.2, 0) is 0 Å². The summed E-state index contributed by atoms with van der Waals surface area (Å²) in [4.78, 5) is 18.4. The number of allylic oxidation sites excluding steroid dienone is 5. The molecule has 0 amide bonds. The van der Waals surface area contributed by atoms with Gasteiger partial charge in [0.05, 0.1) is 17.6 Å². The highest BCUT2D eigenvalue weighted by molar-refractivity contribution is 6.17. The molecule has 6 atom stereocenters. The van der Waals surface area contributed by atoms with E-state index in [1.807, 2.05) is 12.3 Å². The van der Waals surface area contributed by atoms with Crippen molar-refractivity contribution in [1.82, 2.24) is 10.3 Å². The van der Waals surface area contributed by atoms with Gasteiger partial charge < -0.3 is 10.2 Å². The number of pyridine rings is 1. The number of anilines is 1. The number of hydrogen-bond donors (Lipinski definition) is 1. The molecule has 44 heavy (non-hydrogen) atoms. The van der Waals surface area contributed by atoms with Gasteiger partial charge in [-0.25, -0.2) is 15.0 Å². The summed E-state index contributed by atoms with van der Waals surface area (Å²) in [6.45, 7) is 2.39. The van der Waals surface area contributed by atoms with E-state index in [1.54, 1.807) is 0 Å². The zero-order chi connectivity index (χ0) is 29.5. The minimum absolute atomic E-state index is 0.0500. The standard InChI is InChI=1S/C39H37N5/c1-39-24-14-13-23-34(39)44(33-22-12-11-21-32(33)39)38-31(25-30(26-40-38)27-15-5-2-6-16-27)37-42-35(28-17-7-3-8-18-28)41-36(43-37)29-19-9-4-10-20-29/h2-3,5-9,11-19,21-26,29,32-34,36H,4,10,20H2,1H3,(H,41,42,43). The van der Waals surface area contributed by atoms with Gasteiger partial charge in [0.2, 0.25) is 0 Å². The van der Waals surface area contributed by atoms with E-state index < -0.39 is 0 Å². The molecule has 5 aliphatic rings. The molecule has 1 aromatic heterocycles. The van der Waals surface area contributed by atoms with Crippen molar-refractivity contribution < 1.29 is 0 Å². The molecule has 8 rings (SSSR count). The lowest BCUT2D eigenvalue weighted by molar-refractivity contribution is 0.343. The second kappa shape index (κ2) is 11.1. The second-order valence-electron chi connectivity index (χ2n) is 12.6. The molecule has 3 aliphatic carbocycles. The SMILES string of the molecule is CC12C=CC=CC1N(c1ncc(-c3ccccc3)cc1C1=NC(C3C=CCCC3)N=C(c3ccccc3)N1)C1C=CC=CC12. The Kier molecular flexibility index (Phi) is 6.74. The van der Waals surface area contributed by atoms with Gasteiger partial charge in [0, 0.05) is 34.6 Å². The summed E-state index contributed by atoms with van der Waals surface area (Å²) in [5.41, 5.74) is 4.23. The van der Waals surface area contributed by atoms with Gasteiger partial charge in [-0.15, -0.1) is 0 Å². The van der Waals surface area contributed by atoms with E-state index in [9.17, 15) is 0 Å². The highest BCUT2D eigenvalue weighted by Gasteiger charge is 2.54. The first-order valence-corrected chi connectivity index (χ1v) is 15.9. The number of rotatable bonds is 5. The molecule has 1 fully saturated rings. The van der Waals surface area contributed by atoms with Crippen LogP contribution in [0.2, 0.25) is 0 Å². The molecule has 0 bridgehead atoms. The summed E-state index contributed by atoms with van der Waals surface area (Å²) >= 11 is 0. The van der Waals surface area contributed by atoms with Crippen molar-refractivity contribution in [3.63, 3.8) is 0 Å². The van der Waals surface area contributed by atoms with E-state index in [1.165, 1.54) is 6.42 Å². The Morgan fingerprint density at radius 1 is 0.795 bits per heavy atom. The molecule has 2 aromatic carbocycles. The molecule has 0 spiro atoms. The van der Waals surface area contributed by atoms with Gasteiger partial charge in [-0.05, 0) is 30.9 Å². The lowest BCUT2D eigenvalue weighted by Gasteiger charge is -2.36. The zero-order valence-corrected chi connectivity index (χ0v) is 25.0.